The largest absolute Gasteiger partial charge is 0.478 e. The highest BCUT2D eigenvalue weighted by atomic mass is 32.2. The van der Waals surface area contributed by atoms with Gasteiger partial charge in [0.15, 0.2) is 10.9 Å². The first-order chi connectivity index (χ1) is 8.50. The van der Waals surface area contributed by atoms with Gasteiger partial charge < -0.3 is 5.11 Å². The highest BCUT2D eigenvalue weighted by Crippen LogP contribution is 2.11. The molecule has 0 spiro atoms. The zero-order valence-electron chi connectivity index (χ0n) is 8.65. The molecule has 2 heterocycles. The number of nitrogens with one attached hydrogen (secondary N) is 3. The Morgan fingerprint density at radius 1 is 1.50 bits per heavy atom. The first-order valence-corrected chi connectivity index (χ1v) is 5.97. The highest BCUT2D eigenvalue weighted by Gasteiger charge is 2.24. The van der Waals surface area contributed by atoms with Gasteiger partial charge in [0, 0.05) is 0 Å². The second-order valence-electron chi connectivity index (χ2n) is 3.07. The van der Waals surface area contributed by atoms with Gasteiger partial charge in [0.2, 0.25) is 0 Å². The molecule has 0 amide bonds. The predicted octanol–water partition coefficient (Wildman–Crippen LogP) is -1.90. The minimum Gasteiger partial charge on any atom is -0.478 e. The minimum atomic E-state index is -4.04. The summed E-state index contributed by atoms with van der Waals surface area (Å²) in [4.78, 5) is 10.8. The number of nitrogens with zero attached hydrogens (tertiary/aromatic N) is 4. The van der Waals surface area contributed by atoms with Crippen molar-refractivity contribution >= 4 is 16.0 Å². The summed E-state index contributed by atoms with van der Waals surface area (Å²) < 4.78 is 25.7. The third kappa shape index (κ3) is 2.33. The van der Waals surface area contributed by atoms with Crippen LogP contribution in [0.25, 0.3) is 0 Å². The summed E-state index contributed by atoms with van der Waals surface area (Å²) in [5.74, 6) is -1.28. The number of hydrogen-bond acceptors (Lipinski definition) is 7. The van der Waals surface area contributed by atoms with Crippen LogP contribution in [0.15, 0.2) is 11.2 Å². The summed E-state index contributed by atoms with van der Waals surface area (Å²) in [5.41, 5.74) is -0.449. The van der Waals surface area contributed by atoms with Gasteiger partial charge in [-0.25, -0.2) is 17.9 Å². The maximum Gasteiger partial charge on any atom is 0.340 e. The molecule has 96 valence electrons. The van der Waals surface area contributed by atoms with Crippen molar-refractivity contribution < 1.29 is 18.3 Å². The van der Waals surface area contributed by atoms with Crippen LogP contribution in [0, 0.1) is 0 Å². The Kier molecular flexibility index (Phi) is 3.03. The van der Waals surface area contributed by atoms with Crippen LogP contribution in [0.1, 0.15) is 16.2 Å². The number of tetrazole rings is 1. The van der Waals surface area contributed by atoms with Crippen molar-refractivity contribution in [3.05, 3.63) is 17.6 Å². The summed E-state index contributed by atoms with van der Waals surface area (Å²) in [7, 11) is -4.04. The topological polar surface area (TPSA) is 167 Å². The average Bonchev–Trinajstić information content (AvgIpc) is 2.98. The van der Waals surface area contributed by atoms with Gasteiger partial charge in [-0.1, -0.05) is 5.21 Å². The number of aromatic carboxylic acids is 1. The smallest absolute Gasteiger partial charge is 0.340 e. The Labute approximate surface area is 99.7 Å². The number of aromatic amines is 2. The lowest BCUT2D eigenvalue weighted by molar-refractivity contribution is 0.0692. The fourth-order valence-electron chi connectivity index (χ4n) is 1.12. The fraction of sp³-hybridized carbons (Fsp3) is 0.167. The van der Waals surface area contributed by atoms with Crippen LogP contribution in [0.3, 0.4) is 0 Å². The van der Waals surface area contributed by atoms with Gasteiger partial charge in [-0.2, -0.15) is 10.3 Å². The summed E-state index contributed by atoms with van der Waals surface area (Å²) >= 11 is 0. The van der Waals surface area contributed by atoms with Crippen LogP contribution in [-0.2, 0) is 16.6 Å². The van der Waals surface area contributed by atoms with E-state index >= 15 is 0 Å². The van der Waals surface area contributed by atoms with E-state index in [0.717, 1.165) is 6.20 Å². The maximum absolute atomic E-state index is 11.8. The molecule has 0 saturated heterocycles. The quantitative estimate of drug-likeness (QED) is 0.490. The number of sulfonamides is 1. The molecule has 0 unspecified atom stereocenters. The number of carboxylic acid groups (broad SMARTS) is 1. The fourth-order valence-corrected chi connectivity index (χ4v) is 2.19. The number of H-pyrrole nitrogens is 2. The van der Waals surface area contributed by atoms with Gasteiger partial charge in [0.1, 0.15) is 5.56 Å². The van der Waals surface area contributed by atoms with Crippen molar-refractivity contribution in [1.82, 2.24) is 35.5 Å². The van der Waals surface area contributed by atoms with Crippen LogP contribution in [-0.4, -0.2) is 50.3 Å². The highest BCUT2D eigenvalue weighted by molar-refractivity contribution is 7.89. The Morgan fingerprint density at radius 3 is 2.89 bits per heavy atom. The third-order valence-corrected chi connectivity index (χ3v) is 3.29. The molecule has 0 aromatic carbocycles. The van der Waals surface area contributed by atoms with Crippen molar-refractivity contribution in [1.29, 1.82) is 0 Å². The van der Waals surface area contributed by atoms with Crippen LogP contribution in [0.2, 0.25) is 0 Å². The van der Waals surface area contributed by atoms with Crippen LogP contribution in [0.5, 0.6) is 0 Å². The van der Waals surface area contributed by atoms with E-state index in [-0.39, 0.29) is 12.4 Å². The van der Waals surface area contributed by atoms with E-state index in [2.05, 4.69) is 35.5 Å². The third-order valence-electron chi connectivity index (χ3n) is 1.91. The zero-order valence-corrected chi connectivity index (χ0v) is 9.47. The normalized spacial score (nSPS) is 11.6. The molecule has 12 heteroatoms. The molecule has 2 aromatic rings. The second kappa shape index (κ2) is 4.50. The first kappa shape index (κ1) is 12.1. The number of aromatic nitrogens is 6. The monoisotopic (exact) mass is 273 g/mol. The molecule has 11 nitrogen and oxygen atoms in total. The number of carboxylic acids is 1. The molecule has 0 fully saturated rings. The molecule has 0 atom stereocenters. The van der Waals surface area contributed by atoms with Gasteiger partial charge in [-0.05, 0) is 0 Å². The average molecular weight is 273 g/mol. The summed E-state index contributed by atoms with van der Waals surface area (Å²) in [5, 5.41) is 26.2. The summed E-state index contributed by atoms with van der Waals surface area (Å²) in [6.45, 7) is -0.225. The zero-order chi connectivity index (χ0) is 13.2. The SMILES string of the molecule is O=C(O)c1cn[nH]c1S(=O)(=O)NCc1nn[nH]n1. The molecule has 0 aliphatic rings. The van der Waals surface area contributed by atoms with Gasteiger partial charge in [0.25, 0.3) is 10.0 Å². The molecule has 0 saturated carbocycles. The molecule has 0 radical (unpaired) electrons. The van der Waals surface area contributed by atoms with Crippen LogP contribution in [0.4, 0.5) is 0 Å². The summed E-state index contributed by atoms with van der Waals surface area (Å²) in [6, 6.07) is 0. The molecular weight excluding hydrogens is 266 g/mol. The molecule has 0 aliphatic heterocycles. The van der Waals surface area contributed by atoms with E-state index < -0.39 is 26.6 Å². The minimum absolute atomic E-state index is 0.120. The van der Waals surface area contributed by atoms with Crippen molar-refractivity contribution in [3.8, 4) is 0 Å². The molecule has 2 rings (SSSR count). The van der Waals surface area contributed by atoms with E-state index in [1.807, 2.05) is 0 Å². The Balaban J connectivity index is 2.20. The Hall–Kier alpha value is -2.34. The van der Waals surface area contributed by atoms with Gasteiger partial charge in [0.05, 0.1) is 12.7 Å². The van der Waals surface area contributed by atoms with Crippen molar-refractivity contribution in [2.45, 2.75) is 11.6 Å². The first-order valence-electron chi connectivity index (χ1n) is 4.49. The molecular formula is C6H7N7O4S. The summed E-state index contributed by atoms with van der Waals surface area (Å²) in [6.07, 6.45) is 0.908. The van der Waals surface area contributed by atoms with Crippen LogP contribution >= 0.6 is 0 Å². The van der Waals surface area contributed by atoms with Gasteiger partial charge >= 0.3 is 5.97 Å². The van der Waals surface area contributed by atoms with E-state index in [1.165, 1.54) is 0 Å². The molecule has 18 heavy (non-hydrogen) atoms. The molecule has 4 N–H and O–H groups in total. The Morgan fingerprint density at radius 2 is 2.28 bits per heavy atom. The number of carbonyl (C=O) groups is 1. The maximum atomic E-state index is 11.8. The molecule has 0 bridgehead atoms. The van der Waals surface area contributed by atoms with Gasteiger partial charge in [-0.3, -0.25) is 5.10 Å². The van der Waals surface area contributed by atoms with Crippen molar-refractivity contribution in [3.63, 3.8) is 0 Å². The molecule has 0 aliphatic carbocycles. The standard InChI is InChI=1S/C6H7N7O4S/c14-6(15)3-1-7-11-5(3)18(16,17)8-2-4-9-12-13-10-4/h1,8H,2H2,(H,7,11)(H,14,15)(H,9,10,12,13). The number of rotatable bonds is 5. The van der Waals surface area contributed by atoms with E-state index in [9.17, 15) is 13.2 Å². The lowest BCUT2D eigenvalue weighted by Crippen LogP contribution is -2.25. The van der Waals surface area contributed by atoms with E-state index in [0.29, 0.717) is 0 Å². The van der Waals surface area contributed by atoms with Crippen molar-refractivity contribution in [2.75, 3.05) is 0 Å². The Bertz CT molecular complexity index is 645. The lowest BCUT2D eigenvalue weighted by Gasteiger charge is -2.02. The number of hydrogen-bond donors (Lipinski definition) is 4. The lowest BCUT2D eigenvalue weighted by atomic mass is 10.4. The van der Waals surface area contributed by atoms with E-state index in [1.54, 1.807) is 0 Å². The molecule has 2 aromatic heterocycles. The second-order valence-corrected chi connectivity index (χ2v) is 4.77. The van der Waals surface area contributed by atoms with E-state index in [4.69, 9.17) is 5.11 Å². The predicted molar refractivity (Wildman–Crippen MR) is 53.8 cm³/mol. The van der Waals surface area contributed by atoms with Crippen molar-refractivity contribution in [2.24, 2.45) is 0 Å². The van der Waals surface area contributed by atoms with Crippen LogP contribution < -0.4 is 4.72 Å². The van der Waals surface area contributed by atoms with Gasteiger partial charge in [-0.15, -0.1) is 10.2 Å².